The lowest BCUT2D eigenvalue weighted by Crippen LogP contribution is -2.61. The molecule has 0 aromatic rings. The summed E-state index contributed by atoms with van der Waals surface area (Å²) in [5.41, 5.74) is 0. The van der Waals surface area contributed by atoms with Gasteiger partial charge in [0.25, 0.3) is 0 Å². The molecule has 0 spiro atoms. The van der Waals surface area contributed by atoms with Crippen molar-refractivity contribution in [3.05, 3.63) is 0 Å². The quantitative estimate of drug-likeness (QED) is 0.508. The molecule has 0 aromatic heterocycles. The maximum absolute atomic E-state index is 10.5. The molecule has 3 atom stereocenters. The molecule has 2 aliphatic heterocycles. The van der Waals surface area contributed by atoms with Crippen LogP contribution in [0.25, 0.3) is 0 Å². The zero-order valence-corrected chi connectivity index (χ0v) is 6.95. The molecule has 2 N–H and O–H groups in total. The van der Waals surface area contributed by atoms with Crippen molar-refractivity contribution in [1.29, 1.82) is 0 Å². The van der Waals surface area contributed by atoms with E-state index in [4.69, 9.17) is 4.74 Å². The summed E-state index contributed by atoms with van der Waals surface area (Å²) in [5.74, 6) is 0. The molecule has 0 aliphatic carbocycles. The number of hydrogen-bond donors (Lipinski definition) is 2. The Morgan fingerprint density at radius 2 is 2.42 bits per heavy atom. The number of rotatable bonds is 1. The fourth-order valence-electron chi connectivity index (χ4n) is 1.81. The Morgan fingerprint density at radius 3 is 3.25 bits per heavy atom. The van der Waals surface area contributed by atoms with Crippen LogP contribution in [0, 0.1) is 0 Å². The summed E-state index contributed by atoms with van der Waals surface area (Å²) in [6.45, 7) is 1.52. The number of piperidine rings is 1. The number of hydrogen-bond acceptors (Lipinski definition) is 4. The van der Waals surface area contributed by atoms with Crippen molar-refractivity contribution in [3.8, 4) is 0 Å². The van der Waals surface area contributed by atoms with E-state index in [1.807, 2.05) is 0 Å². The fraction of sp³-hybridized carbons (Fsp3) is 0.875. The summed E-state index contributed by atoms with van der Waals surface area (Å²) in [5, 5.41) is 6.51. The van der Waals surface area contributed by atoms with Gasteiger partial charge in [-0.05, 0) is 19.4 Å². The third kappa shape index (κ3) is 1.50. The normalized spacial score (nSPS) is 41.8. The molecule has 4 heteroatoms. The van der Waals surface area contributed by atoms with Crippen molar-refractivity contribution < 1.29 is 9.53 Å². The summed E-state index contributed by atoms with van der Waals surface area (Å²) >= 11 is 0. The Labute approximate surface area is 71.7 Å². The van der Waals surface area contributed by atoms with Gasteiger partial charge in [-0.3, -0.25) is 10.6 Å². The Kier molecular flexibility index (Phi) is 2.39. The molecule has 0 radical (unpaired) electrons. The van der Waals surface area contributed by atoms with Crippen LogP contribution in [0.15, 0.2) is 0 Å². The predicted molar refractivity (Wildman–Crippen MR) is 43.8 cm³/mol. The van der Waals surface area contributed by atoms with Gasteiger partial charge in [-0.2, -0.15) is 0 Å². The molecule has 0 bridgehead atoms. The first-order valence-corrected chi connectivity index (χ1v) is 4.46. The zero-order chi connectivity index (χ0) is 8.39. The Bertz CT molecular complexity index is 174. The van der Waals surface area contributed by atoms with Crippen molar-refractivity contribution in [2.24, 2.45) is 0 Å². The number of ether oxygens (including phenoxy) is 1. The lowest BCUT2D eigenvalue weighted by atomic mass is 10.0. The van der Waals surface area contributed by atoms with E-state index in [0.717, 1.165) is 25.7 Å². The number of aldehydes is 1. The van der Waals surface area contributed by atoms with E-state index in [2.05, 4.69) is 10.6 Å². The lowest BCUT2D eigenvalue weighted by Gasteiger charge is -2.39. The zero-order valence-electron chi connectivity index (χ0n) is 6.95. The van der Waals surface area contributed by atoms with Gasteiger partial charge in [0.05, 0.1) is 12.6 Å². The minimum absolute atomic E-state index is 0.105. The third-order valence-electron chi connectivity index (χ3n) is 2.45. The summed E-state index contributed by atoms with van der Waals surface area (Å²) in [4.78, 5) is 10.5. The van der Waals surface area contributed by atoms with Gasteiger partial charge in [0, 0.05) is 6.04 Å². The molecular formula is C8H14N2O2. The molecule has 2 fully saturated rings. The highest BCUT2D eigenvalue weighted by Crippen LogP contribution is 2.14. The van der Waals surface area contributed by atoms with Gasteiger partial charge in [0.15, 0.2) is 0 Å². The molecule has 3 unspecified atom stereocenters. The molecule has 0 amide bonds. The first-order valence-electron chi connectivity index (χ1n) is 4.46. The van der Waals surface area contributed by atoms with E-state index in [0.29, 0.717) is 12.6 Å². The Hall–Kier alpha value is -0.450. The second-order valence-electron chi connectivity index (χ2n) is 3.37. The van der Waals surface area contributed by atoms with E-state index in [1.54, 1.807) is 0 Å². The van der Waals surface area contributed by atoms with Crippen LogP contribution >= 0.6 is 0 Å². The molecule has 68 valence electrons. The Balaban J connectivity index is 1.93. The van der Waals surface area contributed by atoms with Gasteiger partial charge in [-0.25, -0.2) is 0 Å². The van der Waals surface area contributed by atoms with Crippen LogP contribution in [0.3, 0.4) is 0 Å². The SMILES string of the molecule is O=CC1COC2NCCCC2N1. The minimum Gasteiger partial charge on any atom is -0.360 e. The third-order valence-corrected chi connectivity index (χ3v) is 2.45. The van der Waals surface area contributed by atoms with Gasteiger partial charge in [0.2, 0.25) is 0 Å². The second-order valence-corrected chi connectivity index (χ2v) is 3.37. The van der Waals surface area contributed by atoms with Crippen LogP contribution in [0.5, 0.6) is 0 Å². The molecule has 0 saturated carbocycles. The highest BCUT2D eigenvalue weighted by molar-refractivity contribution is 5.58. The van der Waals surface area contributed by atoms with E-state index in [1.165, 1.54) is 0 Å². The molecule has 4 nitrogen and oxygen atoms in total. The highest BCUT2D eigenvalue weighted by Gasteiger charge is 2.31. The molecular weight excluding hydrogens is 156 g/mol. The minimum atomic E-state index is -0.105. The average molecular weight is 170 g/mol. The van der Waals surface area contributed by atoms with Crippen molar-refractivity contribution in [1.82, 2.24) is 10.6 Å². The topological polar surface area (TPSA) is 50.4 Å². The monoisotopic (exact) mass is 170 g/mol. The summed E-state index contributed by atoms with van der Waals surface area (Å²) in [6.07, 6.45) is 3.30. The van der Waals surface area contributed by atoms with Gasteiger partial charge < -0.3 is 9.53 Å². The van der Waals surface area contributed by atoms with Crippen molar-refractivity contribution in [2.45, 2.75) is 31.2 Å². The van der Waals surface area contributed by atoms with Crippen LogP contribution in [-0.4, -0.2) is 37.7 Å². The molecule has 2 heterocycles. The predicted octanol–water partition coefficient (Wildman–Crippen LogP) is -0.748. The van der Waals surface area contributed by atoms with Crippen LogP contribution in [0.2, 0.25) is 0 Å². The average Bonchev–Trinajstić information content (AvgIpc) is 2.17. The number of fused-ring (bicyclic) bond motifs is 1. The van der Waals surface area contributed by atoms with Gasteiger partial charge in [0.1, 0.15) is 12.5 Å². The summed E-state index contributed by atoms with van der Waals surface area (Å²) < 4.78 is 5.48. The molecule has 12 heavy (non-hydrogen) atoms. The number of morpholine rings is 1. The number of nitrogens with one attached hydrogen (secondary N) is 2. The van der Waals surface area contributed by atoms with Crippen molar-refractivity contribution in [3.63, 3.8) is 0 Å². The molecule has 2 aliphatic rings. The van der Waals surface area contributed by atoms with Gasteiger partial charge in [-0.1, -0.05) is 0 Å². The van der Waals surface area contributed by atoms with E-state index in [-0.39, 0.29) is 12.3 Å². The highest BCUT2D eigenvalue weighted by atomic mass is 16.5. The van der Waals surface area contributed by atoms with Crippen LogP contribution < -0.4 is 10.6 Å². The first-order chi connectivity index (χ1) is 5.90. The fourth-order valence-corrected chi connectivity index (χ4v) is 1.81. The van der Waals surface area contributed by atoms with E-state index >= 15 is 0 Å². The van der Waals surface area contributed by atoms with E-state index in [9.17, 15) is 4.79 Å². The van der Waals surface area contributed by atoms with Crippen molar-refractivity contribution in [2.75, 3.05) is 13.2 Å². The number of carbonyl (C=O) groups excluding carboxylic acids is 1. The molecule has 2 saturated heterocycles. The summed E-state index contributed by atoms with van der Waals surface area (Å²) in [6, 6.07) is 0.217. The lowest BCUT2D eigenvalue weighted by molar-refractivity contribution is -0.117. The Morgan fingerprint density at radius 1 is 1.50 bits per heavy atom. The molecule has 2 rings (SSSR count). The maximum atomic E-state index is 10.5. The molecule has 0 aromatic carbocycles. The van der Waals surface area contributed by atoms with Crippen LogP contribution in [-0.2, 0) is 9.53 Å². The van der Waals surface area contributed by atoms with Gasteiger partial charge in [-0.15, -0.1) is 0 Å². The first kappa shape index (κ1) is 8.16. The van der Waals surface area contributed by atoms with Crippen LogP contribution in [0.4, 0.5) is 0 Å². The van der Waals surface area contributed by atoms with Crippen molar-refractivity contribution >= 4 is 6.29 Å². The van der Waals surface area contributed by atoms with E-state index < -0.39 is 0 Å². The number of carbonyl (C=O) groups is 1. The standard InChI is InChI=1S/C8H14N2O2/c11-4-6-5-12-8-7(10-6)2-1-3-9-8/h4,6-10H,1-3,5H2. The smallest absolute Gasteiger partial charge is 0.139 e. The summed E-state index contributed by atoms with van der Waals surface area (Å²) in [7, 11) is 0. The van der Waals surface area contributed by atoms with Gasteiger partial charge >= 0.3 is 0 Å². The van der Waals surface area contributed by atoms with Crippen LogP contribution in [0.1, 0.15) is 12.8 Å². The largest absolute Gasteiger partial charge is 0.360 e. The maximum Gasteiger partial charge on any atom is 0.139 e. The second kappa shape index (κ2) is 3.51.